The lowest BCUT2D eigenvalue weighted by Crippen LogP contribution is -2.32. The number of nitrogens with one attached hydrogen (secondary N) is 2. The maximum Gasteiger partial charge on any atom is 0.312 e. The van der Waals surface area contributed by atoms with Gasteiger partial charge < -0.3 is 15.4 Å². The quantitative estimate of drug-likeness (QED) is 0.643. The van der Waals surface area contributed by atoms with E-state index in [1.54, 1.807) is 18.2 Å². The first-order chi connectivity index (χ1) is 12.6. The zero-order chi connectivity index (χ0) is 18.1. The molecular formula is C19H16N2O4S. The van der Waals surface area contributed by atoms with Gasteiger partial charge in [-0.15, -0.1) is 11.8 Å². The molecule has 2 aliphatic heterocycles. The van der Waals surface area contributed by atoms with Crippen molar-refractivity contribution in [1.82, 2.24) is 0 Å². The van der Waals surface area contributed by atoms with E-state index in [4.69, 9.17) is 4.74 Å². The molecular weight excluding hydrogens is 352 g/mol. The normalized spacial score (nSPS) is 18.2. The Morgan fingerprint density at radius 1 is 1.08 bits per heavy atom. The maximum absolute atomic E-state index is 12.3. The number of fused-ring (bicyclic) bond motifs is 2. The molecule has 0 radical (unpaired) electrons. The van der Waals surface area contributed by atoms with E-state index in [-0.39, 0.29) is 18.2 Å². The molecule has 0 aliphatic carbocycles. The second-order valence-electron chi connectivity index (χ2n) is 6.14. The van der Waals surface area contributed by atoms with Gasteiger partial charge in [-0.05, 0) is 42.3 Å². The van der Waals surface area contributed by atoms with Crippen molar-refractivity contribution in [2.75, 3.05) is 10.6 Å². The van der Waals surface area contributed by atoms with E-state index in [0.29, 0.717) is 18.6 Å². The van der Waals surface area contributed by atoms with Gasteiger partial charge in [0.15, 0.2) is 0 Å². The first kappa shape index (κ1) is 16.7. The van der Waals surface area contributed by atoms with Crippen LogP contribution in [0, 0.1) is 0 Å². The molecule has 2 N–H and O–H groups in total. The van der Waals surface area contributed by atoms with Crippen molar-refractivity contribution in [3.8, 4) is 5.75 Å². The first-order valence-electron chi connectivity index (χ1n) is 8.28. The van der Waals surface area contributed by atoms with Gasteiger partial charge in [0, 0.05) is 17.0 Å². The van der Waals surface area contributed by atoms with Crippen LogP contribution in [0.2, 0.25) is 0 Å². The van der Waals surface area contributed by atoms with E-state index < -0.39 is 11.2 Å². The Kier molecular flexibility index (Phi) is 4.38. The van der Waals surface area contributed by atoms with Crippen LogP contribution in [0.25, 0.3) is 0 Å². The molecule has 6 nitrogen and oxygen atoms in total. The van der Waals surface area contributed by atoms with E-state index in [0.717, 1.165) is 21.8 Å². The SMILES string of the molecule is O=C1CCc2cc(OC(=O)C[C@@H]3Sc4ccccc4NC3=O)ccc2N1. The van der Waals surface area contributed by atoms with Crippen LogP contribution in [0.5, 0.6) is 5.75 Å². The van der Waals surface area contributed by atoms with Crippen LogP contribution in [0.3, 0.4) is 0 Å². The van der Waals surface area contributed by atoms with E-state index in [2.05, 4.69) is 10.6 Å². The molecule has 0 saturated carbocycles. The smallest absolute Gasteiger partial charge is 0.312 e. The van der Waals surface area contributed by atoms with Gasteiger partial charge in [0.1, 0.15) is 5.75 Å². The predicted molar refractivity (Wildman–Crippen MR) is 98.4 cm³/mol. The summed E-state index contributed by atoms with van der Waals surface area (Å²) >= 11 is 1.37. The number of para-hydroxylation sites is 1. The van der Waals surface area contributed by atoms with E-state index in [9.17, 15) is 14.4 Å². The molecule has 0 bridgehead atoms. The van der Waals surface area contributed by atoms with Crippen molar-refractivity contribution in [3.05, 3.63) is 48.0 Å². The highest BCUT2D eigenvalue weighted by atomic mass is 32.2. The van der Waals surface area contributed by atoms with Gasteiger partial charge in [0.25, 0.3) is 0 Å². The lowest BCUT2D eigenvalue weighted by molar-refractivity contribution is -0.135. The molecule has 0 saturated heterocycles. The highest BCUT2D eigenvalue weighted by Gasteiger charge is 2.29. The minimum absolute atomic E-state index is 0.0112. The van der Waals surface area contributed by atoms with Crippen molar-refractivity contribution >= 4 is 40.9 Å². The molecule has 0 aromatic heterocycles. The number of esters is 1. The summed E-state index contributed by atoms with van der Waals surface area (Å²) in [6.45, 7) is 0. The fourth-order valence-electron chi connectivity index (χ4n) is 2.97. The fraction of sp³-hybridized carbons (Fsp3) is 0.211. The zero-order valence-corrected chi connectivity index (χ0v) is 14.6. The largest absolute Gasteiger partial charge is 0.426 e. The Morgan fingerprint density at radius 3 is 2.81 bits per heavy atom. The molecule has 2 aromatic carbocycles. The van der Waals surface area contributed by atoms with Crippen molar-refractivity contribution in [3.63, 3.8) is 0 Å². The molecule has 7 heteroatoms. The van der Waals surface area contributed by atoms with Crippen LogP contribution in [-0.4, -0.2) is 23.0 Å². The Balaban J connectivity index is 1.42. The standard InChI is InChI=1S/C19H16N2O4S/c22-17-8-5-11-9-12(6-7-13(11)20-17)25-18(23)10-16-19(24)21-14-3-1-2-4-15(14)26-16/h1-4,6-7,9,16H,5,8,10H2,(H,20,22)(H,21,24)/t16-/m0/s1. The Labute approximate surface area is 154 Å². The fourth-order valence-corrected chi connectivity index (χ4v) is 4.07. The second-order valence-corrected chi connectivity index (χ2v) is 7.38. The average Bonchev–Trinajstić information content (AvgIpc) is 2.62. The molecule has 132 valence electrons. The third-order valence-corrected chi connectivity index (χ3v) is 5.54. The Hall–Kier alpha value is -2.80. The van der Waals surface area contributed by atoms with Crippen LogP contribution in [0.15, 0.2) is 47.4 Å². The van der Waals surface area contributed by atoms with Crippen molar-refractivity contribution in [1.29, 1.82) is 0 Å². The lowest BCUT2D eigenvalue weighted by Gasteiger charge is -2.23. The van der Waals surface area contributed by atoms with Crippen LogP contribution < -0.4 is 15.4 Å². The highest BCUT2D eigenvalue weighted by Crippen LogP contribution is 2.37. The summed E-state index contributed by atoms with van der Waals surface area (Å²) in [6.07, 6.45) is 1.02. The van der Waals surface area contributed by atoms with Crippen molar-refractivity contribution in [2.45, 2.75) is 29.4 Å². The van der Waals surface area contributed by atoms with E-state index in [1.165, 1.54) is 11.8 Å². The number of hydrogen-bond donors (Lipinski definition) is 2. The topological polar surface area (TPSA) is 84.5 Å². The number of carbonyl (C=O) groups is 3. The molecule has 26 heavy (non-hydrogen) atoms. The monoisotopic (exact) mass is 368 g/mol. The van der Waals surface area contributed by atoms with Crippen molar-refractivity contribution < 1.29 is 19.1 Å². The van der Waals surface area contributed by atoms with Crippen LogP contribution in [0.1, 0.15) is 18.4 Å². The number of ether oxygens (including phenoxy) is 1. The van der Waals surface area contributed by atoms with Gasteiger partial charge >= 0.3 is 5.97 Å². The van der Waals surface area contributed by atoms with Gasteiger partial charge in [-0.25, -0.2) is 0 Å². The summed E-state index contributed by atoms with van der Waals surface area (Å²) in [7, 11) is 0. The minimum Gasteiger partial charge on any atom is -0.426 e. The summed E-state index contributed by atoms with van der Waals surface area (Å²) in [5.41, 5.74) is 2.46. The first-order valence-corrected chi connectivity index (χ1v) is 9.16. The van der Waals surface area contributed by atoms with Crippen molar-refractivity contribution in [2.24, 2.45) is 0 Å². The van der Waals surface area contributed by atoms with E-state index in [1.807, 2.05) is 24.3 Å². The maximum atomic E-state index is 12.3. The second kappa shape index (κ2) is 6.84. The number of aryl methyl sites for hydroxylation is 1. The van der Waals surface area contributed by atoms with Crippen LogP contribution in [0.4, 0.5) is 11.4 Å². The number of rotatable bonds is 3. The molecule has 2 amide bonds. The molecule has 0 unspecified atom stereocenters. The molecule has 2 heterocycles. The number of thioether (sulfide) groups is 1. The number of amides is 2. The summed E-state index contributed by atoms with van der Waals surface area (Å²) in [5.74, 6) is -0.245. The summed E-state index contributed by atoms with van der Waals surface area (Å²) in [6, 6.07) is 12.6. The molecule has 0 spiro atoms. The average molecular weight is 368 g/mol. The summed E-state index contributed by atoms with van der Waals surface area (Å²) in [5, 5.41) is 5.08. The molecule has 0 fully saturated rings. The lowest BCUT2D eigenvalue weighted by atomic mass is 10.0. The highest BCUT2D eigenvalue weighted by molar-refractivity contribution is 8.01. The molecule has 4 rings (SSSR count). The number of benzene rings is 2. The molecule has 2 aliphatic rings. The minimum atomic E-state index is -0.519. The summed E-state index contributed by atoms with van der Waals surface area (Å²) < 4.78 is 5.40. The van der Waals surface area contributed by atoms with Crippen LogP contribution >= 0.6 is 11.8 Å². The Morgan fingerprint density at radius 2 is 1.92 bits per heavy atom. The van der Waals surface area contributed by atoms with Gasteiger partial charge in [-0.2, -0.15) is 0 Å². The number of hydrogen-bond acceptors (Lipinski definition) is 5. The molecule has 1 atom stereocenters. The van der Waals surface area contributed by atoms with Gasteiger partial charge in [-0.3, -0.25) is 14.4 Å². The Bertz CT molecular complexity index is 912. The summed E-state index contributed by atoms with van der Waals surface area (Å²) in [4.78, 5) is 36.8. The molecule has 2 aromatic rings. The van der Waals surface area contributed by atoms with Crippen LogP contribution in [-0.2, 0) is 20.8 Å². The number of carbonyl (C=O) groups excluding carboxylic acids is 3. The third-order valence-electron chi connectivity index (χ3n) is 4.26. The predicted octanol–water partition coefficient (Wildman–Crippen LogP) is 2.98. The van der Waals surface area contributed by atoms with E-state index >= 15 is 0 Å². The van der Waals surface area contributed by atoms with Gasteiger partial charge in [0.2, 0.25) is 11.8 Å². The van der Waals surface area contributed by atoms with Gasteiger partial charge in [0.05, 0.1) is 17.4 Å². The zero-order valence-electron chi connectivity index (χ0n) is 13.8. The van der Waals surface area contributed by atoms with Gasteiger partial charge in [-0.1, -0.05) is 12.1 Å². The third kappa shape index (κ3) is 3.43. The number of anilines is 2.